The highest BCUT2D eigenvalue weighted by Crippen LogP contribution is 2.61. The molecule has 9 heteroatoms. The molecule has 1 saturated carbocycles. The molecule has 2 aliphatic rings. The first-order valence-corrected chi connectivity index (χ1v) is 12.3. The number of aliphatic hydroxyl groups is 2. The maximum Gasteiger partial charge on any atom is 0.415 e. The van der Waals surface area contributed by atoms with E-state index >= 15 is 0 Å². The number of aliphatic imine (C=N–C) groups is 1. The Labute approximate surface area is 141 Å². The van der Waals surface area contributed by atoms with Crippen molar-refractivity contribution >= 4 is 31.1 Å². The molecule has 0 aromatic carbocycles. The Morgan fingerprint density at radius 1 is 1.43 bits per heavy atom. The Bertz CT molecular complexity index is 478. The monoisotopic (exact) mass is 362 g/mol. The molecule has 132 valence electrons. The van der Waals surface area contributed by atoms with Crippen LogP contribution >= 0.6 is 11.8 Å². The summed E-state index contributed by atoms with van der Waals surface area (Å²) in [5.41, 5.74) is -0.529. The van der Waals surface area contributed by atoms with E-state index < -0.39 is 19.6 Å². The number of amidine groups is 1. The van der Waals surface area contributed by atoms with E-state index in [0.717, 1.165) is 10.9 Å². The molecule has 0 bridgehead atoms. The predicted molar refractivity (Wildman–Crippen MR) is 92.6 cm³/mol. The molecule has 0 aromatic heterocycles. The number of aliphatic hydroxyl groups excluding tert-OH is 2. The Hall–Kier alpha value is -0.613. The van der Waals surface area contributed by atoms with Gasteiger partial charge in [0.2, 0.25) is 0 Å². The third kappa shape index (κ3) is 4.08. The third-order valence-corrected chi connectivity index (χ3v) is 7.80. The number of carbonyl (C=O) groups is 1. The lowest BCUT2D eigenvalue weighted by Gasteiger charge is -2.23. The normalized spacial score (nSPS) is 25.5. The van der Waals surface area contributed by atoms with Gasteiger partial charge in [0.1, 0.15) is 6.73 Å². The van der Waals surface area contributed by atoms with Crippen LogP contribution in [-0.2, 0) is 4.74 Å². The molecule has 1 amide bonds. The van der Waals surface area contributed by atoms with Gasteiger partial charge in [0, 0.05) is 37.8 Å². The van der Waals surface area contributed by atoms with Gasteiger partial charge in [-0.3, -0.25) is 4.99 Å². The predicted octanol–water partition coefficient (Wildman–Crippen LogP) is 1.35. The zero-order valence-electron chi connectivity index (χ0n) is 13.9. The van der Waals surface area contributed by atoms with Crippen LogP contribution in [0.1, 0.15) is 0 Å². The summed E-state index contributed by atoms with van der Waals surface area (Å²) in [6.45, 7) is 7.46. The smallest absolute Gasteiger partial charge is 0.415 e. The van der Waals surface area contributed by atoms with Crippen LogP contribution in [0, 0.1) is 11.3 Å². The quantitative estimate of drug-likeness (QED) is 0.359. The number of fused-ring (bicyclic) bond motifs is 1. The number of thioether (sulfide) groups is 1. The van der Waals surface area contributed by atoms with Crippen molar-refractivity contribution in [1.82, 2.24) is 4.90 Å². The van der Waals surface area contributed by atoms with Crippen LogP contribution in [0.2, 0.25) is 25.7 Å². The molecular weight excluding hydrogens is 336 g/mol. The first-order chi connectivity index (χ1) is 10.7. The minimum absolute atomic E-state index is 0.0221. The van der Waals surface area contributed by atoms with Crippen LogP contribution in [0.4, 0.5) is 4.79 Å². The van der Waals surface area contributed by atoms with Crippen molar-refractivity contribution in [1.29, 1.82) is 0 Å². The topological polar surface area (TPSA) is 103 Å². The van der Waals surface area contributed by atoms with Crippen molar-refractivity contribution < 1.29 is 24.9 Å². The first kappa shape index (κ1) is 18.7. The van der Waals surface area contributed by atoms with E-state index in [9.17, 15) is 20.1 Å². The molecule has 1 aliphatic carbocycles. The Kier molecular flexibility index (Phi) is 5.78. The SMILES string of the molecule is C[Si](C)(C)CCOCN(C(=O)O)C1=NCC2C(S1)C2(CO)CO. The molecule has 2 unspecified atom stereocenters. The average Bonchev–Trinajstić information content (AvgIpc) is 3.12. The van der Waals surface area contributed by atoms with E-state index in [2.05, 4.69) is 24.6 Å². The largest absolute Gasteiger partial charge is 0.465 e. The summed E-state index contributed by atoms with van der Waals surface area (Å²) in [6, 6.07) is 0.975. The Morgan fingerprint density at radius 2 is 2.09 bits per heavy atom. The Balaban J connectivity index is 1.90. The number of hydrogen-bond acceptors (Lipinski definition) is 6. The highest BCUT2D eigenvalue weighted by Gasteiger charge is 2.66. The molecule has 0 spiro atoms. The third-order valence-electron chi connectivity index (χ3n) is 4.48. The number of rotatable bonds is 7. The molecule has 3 N–H and O–H groups in total. The van der Waals surface area contributed by atoms with Gasteiger partial charge in [0.15, 0.2) is 5.17 Å². The lowest BCUT2D eigenvalue weighted by molar-refractivity contribution is 0.0706. The van der Waals surface area contributed by atoms with Crippen LogP contribution < -0.4 is 0 Å². The van der Waals surface area contributed by atoms with Gasteiger partial charge in [-0.2, -0.15) is 0 Å². The van der Waals surface area contributed by atoms with Gasteiger partial charge in [-0.15, -0.1) is 0 Å². The van der Waals surface area contributed by atoms with Gasteiger partial charge in [-0.05, 0) is 6.04 Å². The summed E-state index contributed by atoms with van der Waals surface area (Å²) in [5.74, 6) is 0.120. The molecule has 0 aromatic rings. The molecule has 1 heterocycles. The highest BCUT2D eigenvalue weighted by molar-refractivity contribution is 8.14. The average molecular weight is 363 g/mol. The summed E-state index contributed by atoms with van der Waals surface area (Å²) in [4.78, 5) is 16.9. The van der Waals surface area contributed by atoms with Gasteiger partial charge in [-0.25, -0.2) is 9.69 Å². The summed E-state index contributed by atoms with van der Waals surface area (Å²) in [5, 5.41) is 28.8. The van der Waals surface area contributed by atoms with Crippen LogP contribution in [0.15, 0.2) is 4.99 Å². The number of nitrogens with zero attached hydrogens (tertiary/aromatic N) is 2. The van der Waals surface area contributed by atoms with Crippen LogP contribution in [0.3, 0.4) is 0 Å². The molecule has 1 aliphatic heterocycles. The lowest BCUT2D eigenvalue weighted by atomic mass is 10.1. The van der Waals surface area contributed by atoms with Crippen LogP contribution in [0.5, 0.6) is 0 Å². The maximum atomic E-state index is 11.5. The second-order valence-electron chi connectivity index (χ2n) is 7.38. The van der Waals surface area contributed by atoms with Crippen molar-refractivity contribution in [3.63, 3.8) is 0 Å². The number of hydrogen-bond donors (Lipinski definition) is 3. The van der Waals surface area contributed by atoms with E-state index in [1.165, 1.54) is 11.8 Å². The van der Waals surface area contributed by atoms with Crippen molar-refractivity contribution in [2.45, 2.75) is 30.9 Å². The standard InChI is InChI=1S/C14H26N2O5SSi/c1-23(2,3)5-4-21-9-16(13(19)20)12-15-6-10-11(22-12)14(10,7-17)8-18/h10-11,17-18H,4-9H2,1-3H3,(H,19,20). The zero-order valence-corrected chi connectivity index (χ0v) is 15.7. The van der Waals surface area contributed by atoms with Crippen molar-refractivity contribution in [2.24, 2.45) is 16.3 Å². The van der Waals surface area contributed by atoms with Gasteiger partial charge in [0.25, 0.3) is 0 Å². The van der Waals surface area contributed by atoms with Crippen molar-refractivity contribution in [3.05, 3.63) is 0 Å². The van der Waals surface area contributed by atoms with Gasteiger partial charge >= 0.3 is 6.09 Å². The molecule has 1 fully saturated rings. The minimum atomic E-state index is -1.21. The van der Waals surface area contributed by atoms with E-state index in [0.29, 0.717) is 18.3 Å². The van der Waals surface area contributed by atoms with Crippen molar-refractivity contribution in [2.75, 3.05) is 33.1 Å². The molecule has 0 saturated heterocycles. The number of carboxylic acid groups (broad SMARTS) is 1. The van der Waals surface area contributed by atoms with Crippen molar-refractivity contribution in [3.8, 4) is 0 Å². The highest BCUT2D eigenvalue weighted by atomic mass is 32.2. The van der Waals surface area contributed by atoms with E-state index in [-0.39, 0.29) is 31.1 Å². The zero-order chi connectivity index (χ0) is 17.3. The van der Waals surface area contributed by atoms with Crippen LogP contribution in [-0.4, -0.2) is 77.9 Å². The fourth-order valence-corrected chi connectivity index (χ4v) is 5.07. The molecule has 2 atom stereocenters. The Morgan fingerprint density at radius 3 is 2.61 bits per heavy atom. The molecular formula is C14H26N2O5SSi. The summed E-state index contributed by atoms with van der Waals surface area (Å²) in [6.07, 6.45) is -1.10. The van der Waals surface area contributed by atoms with Gasteiger partial charge in [-0.1, -0.05) is 31.4 Å². The summed E-state index contributed by atoms with van der Waals surface area (Å²) >= 11 is 1.32. The number of ether oxygens (including phenoxy) is 1. The van der Waals surface area contributed by atoms with E-state index in [1.807, 2.05) is 0 Å². The number of amides is 1. The summed E-state index contributed by atoms with van der Waals surface area (Å²) < 4.78 is 5.53. The van der Waals surface area contributed by atoms with Crippen LogP contribution in [0.25, 0.3) is 0 Å². The second-order valence-corrected chi connectivity index (χ2v) is 14.1. The fourth-order valence-electron chi connectivity index (χ4n) is 2.68. The lowest BCUT2D eigenvalue weighted by Crippen LogP contribution is -2.38. The van der Waals surface area contributed by atoms with E-state index in [4.69, 9.17) is 4.74 Å². The summed E-state index contributed by atoms with van der Waals surface area (Å²) in [7, 11) is -1.21. The van der Waals surface area contributed by atoms with Gasteiger partial charge in [0.05, 0.1) is 13.2 Å². The second kappa shape index (κ2) is 7.10. The fraction of sp³-hybridized carbons (Fsp3) is 0.857. The van der Waals surface area contributed by atoms with E-state index in [1.54, 1.807) is 0 Å². The minimum Gasteiger partial charge on any atom is -0.465 e. The first-order valence-electron chi connectivity index (χ1n) is 7.76. The van der Waals surface area contributed by atoms with Gasteiger partial charge < -0.3 is 20.1 Å². The molecule has 0 radical (unpaired) electrons. The molecule has 2 rings (SSSR count). The molecule has 23 heavy (non-hydrogen) atoms. The molecule has 7 nitrogen and oxygen atoms in total. The maximum absolute atomic E-state index is 11.5.